The van der Waals surface area contributed by atoms with E-state index < -0.39 is 0 Å². The average molecular weight is 260 g/mol. The van der Waals surface area contributed by atoms with Gasteiger partial charge in [0.25, 0.3) is 0 Å². The Bertz CT molecular complexity index is 578. The Labute approximate surface area is 119 Å². The minimum Gasteiger partial charge on any atom is -0.298 e. The van der Waals surface area contributed by atoms with Crippen molar-refractivity contribution in [2.45, 2.75) is 0 Å². The van der Waals surface area contributed by atoms with Crippen LogP contribution in [0.15, 0.2) is 91.0 Å². The molecular weight excluding hydrogens is 244 g/mol. The predicted molar refractivity (Wildman–Crippen MR) is 83.7 cm³/mol. The van der Waals surface area contributed by atoms with Crippen molar-refractivity contribution in [1.82, 2.24) is 0 Å². The Balaban J connectivity index is 0.000000160. The van der Waals surface area contributed by atoms with Crippen LogP contribution in [-0.4, -0.2) is 6.29 Å². The molecule has 0 N–H and O–H groups in total. The summed E-state index contributed by atoms with van der Waals surface area (Å²) in [5.41, 5.74) is 3.28. The quantitative estimate of drug-likeness (QED) is 0.602. The van der Waals surface area contributed by atoms with Gasteiger partial charge in [-0.05, 0) is 11.1 Å². The van der Waals surface area contributed by atoms with Gasteiger partial charge in [-0.15, -0.1) is 0 Å². The van der Waals surface area contributed by atoms with Crippen molar-refractivity contribution >= 4 is 6.29 Å². The van der Waals surface area contributed by atoms with Crippen LogP contribution in [-0.2, 0) is 0 Å². The van der Waals surface area contributed by atoms with Crippen LogP contribution in [0.1, 0.15) is 10.4 Å². The second kappa shape index (κ2) is 7.70. The molecule has 98 valence electrons. The van der Waals surface area contributed by atoms with Gasteiger partial charge < -0.3 is 0 Å². The predicted octanol–water partition coefficient (Wildman–Crippen LogP) is 4.85. The van der Waals surface area contributed by atoms with Crippen molar-refractivity contribution in [3.63, 3.8) is 0 Å². The van der Waals surface area contributed by atoms with Gasteiger partial charge in [0.15, 0.2) is 0 Å². The molecule has 0 amide bonds. The molecule has 3 aromatic carbocycles. The average Bonchev–Trinajstić information content (AvgIpc) is 2.58. The van der Waals surface area contributed by atoms with Crippen molar-refractivity contribution in [2.75, 3.05) is 0 Å². The van der Waals surface area contributed by atoms with E-state index in [1.165, 1.54) is 11.1 Å². The fourth-order valence-electron chi connectivity index (χ4n) is 1.79. The van der Waals surface area contributed by atoms with Gasteiger partial charge in [0.05, 0.1) is 0 Å². The number of benzene rings is 3. The first-order valence-electron chi connectivity index (χ1n) is 6.51. The first-order valence-corrected chi connectivity index (χ1v) is 6.51. The summed E-state index contributed by atoms with van der Waals surface area (Å²) in [6.07, 6.45) is 0.833. The second-order valence-corrected chi connectivity index (χ2v) is 4.26. The first kappa shape index (κ1) is 13.8. The van der Waals surface area contributed by atoms with Gasteiger partial charge in [0.2, 0.25) is 0 Å². The Kier molecular flexibility index (Phi) is 5.29. The highest BCUT2D eigenvalue weighted by atomic mass is 16.1. The third-order valence-electron chi connectivity index (χ3n) is 2.82. The molecule has 0 saturated carbocycles. The third-order valence-corrected chi connectivity index (χ3v) is 2.82. The minimum atomic E-state index is 0.729. The van der Waals surface area contributed by atoms with E-state index in [0.29, 0.717) is 0 Å². The van der Waals surface area contributed by atoms with E-state index in [0.717, 1.165) is 11.8 Å². The molecule has 1 heteroatoms. The van der Waals surface area contributed by atoms with Gasteiger partial charge in [-0.1, -0.05) is 91.0 Å². The van der Waals surface area contributed by atoms with E-state index in [-0.39, 0.29) is 0 Å². The highest BCUT2D eigenvalue weighted by Crippen LogP contribution is 2.17. The molecule has 0 saturated heterocycles. The zero-order valence-electron chi connectivity index (χ0n) is 11.1. The second-order valence-electron chi connectivity index (χ2n) is 4.26. The molecule has 0 atom stereocenters. The van der Waals surface area contributed by atoms with Crippen LogP contribution in [0.2, 0.25) is 0 Å². The molecule has 0 radical (unpaired) electrons. The summed E-state index contributed by atoms with van der Waals surface area (Å²) in [5, 5.41) is 0. The number of hydrogen-bond donors (Lipinski definition) is 0. The maximum atomic E-state index is 10.0. The van der Waals surface area contributed by atoms with Crippen molar-refractivity contribution in [3.05, 3.63) is 96.6 Å². The van der Waals surface area contributed by atoms with Crippen LogP contribution in [0.25, 0.3) is 11.1 Å². The molecule has 0 unspecified atom stereocenters. The molecule has 0 aliphatic carbocycles. The fourth-order valence-corrected chi connectivity index (χ4v) is 1.79. The van der Waals surface area contributed by atoms with Crippen LogP contribution >= 0.6 is 0 Å². The van der Waals surface area contributed by atoms with Crippen molar-refractivity contribution in [1.29, 1.82) is 0 Å². The molecule has 0 bridgehead atoms. The maximum Gasteiger partial charge on any atom is 0.150 e. The Hall–Kier alpha value is -2.67. The lowest BCUT2D eigenvalue weighted by atomic mass is 10.1. The van der Waals surface area contributed by atoms with Crippen LogP contribution in [0.5, 0.6) is 0 Å². The van der Waals surface area contributed by atoms with Crippen molar-refractivity contribution in [2.24, 2.45) is 0 Å². The van der Waals surface area contributed by atoms with Gasteiger partial charge in [-0.25, -0.2) is 0 Å². The SMILES string of the molecule is O=Cc1ccccc1.c1ccc(-c2ccccc2)cc1. The normalized spacial score (nSPS) is 9.20. The van der Waals surface area contributed by atoms with E-state index in [4.69, 9.17) is 0 Å². The molecule has 3 rings (SSSR count). The smallest absolute Gasteiger partial charge is 0.150 e. The molecule has 1 nitrogen and oxygen atoms in total. The maximum absolute atomic E-state index is 10.0. The molecule has 3 aromatic rings. The topological polar surface area (TPSA) is 17.1 Å². The molecule has 0 fully saturated rings. The lowest BCUT2D eigenvalue weighted by Crippen LogP contribution is -1.73. The monoisotopic (exact) mass is 260 g/mol. The Morgan fingerprint density at radius 3 is 1.15 bits per heavy atom. The van der Waals surface area contributed by atoms with E-state index >= 15 is 0 Å². The zero-order valence-corrected chi connectivity index (χ0v) is 11.1. The molecular formula is C19H16O. The number of carbonyl (C=O) groups excluding carboxylic acids is 1. The number of rotatable bonds is 2. The highest BCUT2D eigenvalue weighted by Gasteiger charge is 1.91. The van der Waals surface area contributed by atoms with E-state index in [9.17, 15) is 4.79 Å². The Morgan fingerprint density at radius 2 is 0.850 bits per heavy atom. The molecule has 0 aliphatic heterocycles. The lowest BCUT2D eigenvalue weighted by Gasteiger charge is -1.98. The highest BCUT2D eigenvalue weighted by molar-refractivity contribution is 5.74. The summed E-state index contributed by atoms with van der Waals surface area (Å²) in [4.78, 5) is 10.0. The molecule has 0 aliphatic rings. The van der Waals surface area contributed by atoms with Gasteiger partial charge in [-0.3, -0.25) is 4.79 Å². The summed E-state index contributed by atoms with van der Waals surface area (Å²) in [7, 11) is 0. The summed E-state index contributed by atoms with van der Waals surface area (Å²) < 4.78 is 0. The summed E-state index contributed by atoms with van der Waals surface area (Å²) in [6.45, 7) is 0. The number of aldehydes is 1. The van der Waals surface area contributed by atoms with Crippen molar-refractivity contribution in [3.8, 4) is 11.1 Å². The standard InChI is InChI=1S/C12H10.C7H6O/c1-3-7-11(8-4-1)12-9-5-2-6-10-12;8-6-7-4-2-1-3-5-7/h1-10H;1-6H. The van der Waals surface area contributed by atoms with Gasteiger partial charge >= 0.3 is 0 Å². The van der Waals surface area contributed by atoms with Crippen LogP contribution < -0.4 is 0 Å². The van der Waals surface area contributed by atoms with Crippen LogP contribution in [0.4, 0.5) is 0 Å². The summed E-state index contributed by atoms with van der Waals surface area (Å²) in [6, 6.07) is 29.9. The first-order chi connectivity index (χ1) is 9.90. The molecule has 20 heavy (non-hydrogen) atoms. The zero-order chi connectivity index (χ0) is 14.0. The van der Waals surface area contributed by atoms with Gasteiger partial charge in [0, 0.05) is 5.56 Å². The van der Waals surface area contributed by atoms with E-state index in [1.807, 2.05) is 30.3 Å². The van der Waals surface area contributed by atoms with Crippen molar-refractivity contribution < 1.29 is 4.79 Å². The Morgan fingerprint density at radius 1 is 0.500 bits per heavy atom. The van der Waals surface area contributed by atoms with E-state index in [2.05, 4.69) is 48.5 Å². The molecule has 0 spiro atoms. The molecule has 0 heterocycles. The van der Waals surface area contributed by atoms with Gasteiger partial charge in [-0.2, -0.15) is 0 Å². The summed E-state index contributed by atoms with van der Waals surface area (Å²) in [5.74, 6) is 0. The third kappa shape index (κ3) is 4.21. The van der Waals surface area contributed by atoms with E-state index in [1.54, 1.807) is 12.1 Å². The number of carbonyl (C=O) groups is 1. The minimum absolute atomic E-state index is 0.729. The number of hydrogen-bond acceptors (Lipinski definition) is 1. The van der Waals surface area contributed by atoms with Crippen LogP contribution in [0, 0.1) is 0 Å². The van der Waals surface area contributed by atoms with Crippen LogP contribution in [0.3, 0.4) is 0 Å². The largest absolute Gasteiger partial charge is 0.298 e. The lowest BCUT2D eigenvalue weighted by molar-refractivity contribution is 0.112. The fraction of sp³-hybridized carbons (Fsp3) is 0. The van der Waals surface area contributed by atoms with Gasteiger partial charge in [0.1, 0.15) is 6.29 Å². The molecule has 0 aromatic heterocycles. The summed E-state index contributed by atoms with van der Waals surface area (Å²) >= 11 is 0.